The van der Waals surface area contributed by atoms with Gasteiger partial charge in [-0.3, -0.25) is 0 Å². The van der Waals surface area contributed by atoms with Crippen molar-refractivity contribution in [1.82, 2.24) is 5.32 Å². The van der Waals surface area contributed by atoms with Gasteiger partial charge in [0, 0.05) is 23.2 Å². The highest BCUT2D eigenvalue weighted by Crippen LogP contribution is 2.36. The van der Waals surface area contributed by atoms with E-state index in [2.05, 4.69) is 11.9 Å². The molecule has 0 aliphatic rings. The van der Waals surface area contributed by atoms with Crippen LogP contribution in [-0.4, -0.2) is 11.7 Å². The fourth-order valence-electron chi connectivity index (χ4n) is 1.28. The molecule has 0 spiro atoms. The van der Waals surface area contributed by atoms with Crippen LogP contribution in [0.2, 0.25) is 10.0 Å². The van der Waals surface area contributed by atoms with Crippen molar-refractivity contribution in [1.29, 1.82) is 0 Å². The summed E-state index contributed by atoms with van der Waals surface area (Å²) in [7, 11) is 0. The summed E-state index contributed by atoms with van der Waals surface area (Å²) < 4.78 is 0. The second kappa shape index (κ2) is 5.78. The number of aromatic hydroxyl groups is 1. The second-order valence-electron chi connectivity index (χ2n) is 3.42. The summed E-state index contributed by atoms with van der Waals surface area (Å²) in [4.78, 5) is 0. The number of benzene rings is 1. The summed E-state index contributed by atoms with van der Waals surface area (Å²) >= 11 is 17.2. The Balaban J connectivity index is 2.87. The van der Waals surface area contributed by atoms with E-state index in [1.54, 1.807) is 12.1 Å². The zero-order valence-electron chi connectivity index (χ0n) is 8.73. The summed E-state index contributed by atoms with van der Waals surface area (Å²) in [5, 5.41) is 13.9. The Morgan fingerprint density at radius 3 is 2.69 bits per heavy atom. The van der Waals surface area contributed by atoms with Crippen molar-refractivity contribution in [3.8, 4) is 5.75 Å². The molecule has 88 valence electrons. The average Bonchev–Trinajstić information content (AvgIpc) is 2.23. The zero-order chi connectivity index (χ0) is 12.3. The topological polar surface area (TPSA) is 32.3 Å². The van der Waals surface area contributed by atoms with Crippen LogP contribution in [0.5, 0.6) is 5.75 Å². The van der Waals surface area contributed by atoms with Crippen LogP contribution in [0.4, 0.5) is 0 Å². The first kappa shape index (κ1) is 13.7. The van der Waals surface area contributed by atoms with E-state index >= 15 is 0 Å². The van der Waals surface area contributed by atoms with Crippen LogP contribution in [0.3, 0.4) is 0 Å². The lowest BCUT2D eigenvalue weighted by Gasteiger charge is -2.16. The second-order valence-corrected chi connectivity index (χ2v) is 4.74. The number of phenols is 1. The molecule has 0 aliphatic heterocycles. The highest BCUT2D eigenvalue weighted by Gasteiger charge is 2.14. The van der Waals surface area contributed by atoms with Gasteiger partial charge in [0.2, 0.25) is 0 Å². The van der Waals surface area contributed by atoms with Gasteiger partial charge in [0.1, 0.15) is 10.8 Å². The number of phenolic OH excluding ortho intramolecular Hbond substituents is 1. The zero-order valence-corrected chi connectivity index (χ0v) is 11.0. The molecule has 0 heterocycles. The predicted molar refractivity (Wildman–Crippen MR) is 69.5 cm³/mol. The molecule has 1 atom stereocenters. The van der Waals surface area contributed by atoms with Crippen molar-refractivity contribution in [2.45, 2.75) is 13.0 Å². The standard InChI is InChI=1S/C11H12Cl3NO/c1-6(12)5-15-7(2)8-3-4-9(13)10(14)11(8)16/h3-4,7,15-16H,1,5H2,2H3. The van der Waals surface area contributed by atoms with Crippen LogP contribution >= 0.6 is 34.8 Å². The third-order valence-electron chi connectivity index (χ3n) is 2.17. The van der Waals surface area contributed by atoms with E-state index in [1.165, 1.54) is 0 Å². The van der Waals surface area contributed by atoms with Gasteiger partial charge in [0.05, 0.1) is 5.02 Å². The molecule has 1 rings (SSSR count). The molecule has 0 saturated heterocycles. The molecule has 1 aromatic rings. The Kier molecular flexibility index (Phi) is 4.93. The van der Waals surface area contributed by atoms with Crippen LogP contribution < -0.4 is 5.32 Å². The molecule has 0 aromatic heterocycles. The molecule has 1 aromatic carbocycles. The highest BCUT2D eigenvalue weighted by molar-refractivity contribution is 6.43. The Bertz CT molecular complexity index is 406. The fourth-order valence-corrected chi connectivity index (χ4v) is 1.68. The summed E-state index contributed by atoms with van der Waals surface area (Å²) in [5.41, 5.74) is 0.673. The van der Waals surface area contributed by atoms with Crippen molar-refractivity contribution >= 4 is 34.8 Å². The molecule has 16 heavy (non-hydrogen) atoms. The van der Waals surface area contributed by atoms with E-state index in [0.29, 0.717) is 22.2 Å². The van der Waals surface area contributed by atoms with Crippen molar-refractivity contribution in [3.05, 3.63) is 39.4 Å². The van der Waals surface area contributed by atoms with E-state index in [0.717, 1.165) is 0 Å². The van der Waals surface area contributed by atoms with E-state index in [9.17, 15) is 5.11 Å². The van der Waals surface area contributed by atoms with Gasteiger partial charge < -0.3 is 10.4 Å². The number of halogens is 3. The van der Waals surface area contributed by atoms with Gasteiger partial charge in [-0.2, -0.15) is 0 Å². The molecular formula is C11H12Cl3NO. The molecule has 0 fully saturated rings. The van der Waals surface area contributed by atoms with Gasteiger partial charge in [-0.25, -0.2) is 0 Å². The maximum absolute atomic E-state index is 9.80. The maximum Gasteiger partial charge on any atom is 0.140 e. The molecule has 0 saturated carbocycles. The van der Waals surface area contributed by atoms with Crippen LogP contribution in [0, 0.1) is 0 Å². The van der Waals surface area contributed by atoms with Crippen LogP contribution in [0.25, 0.3) is 0 Å². The van der Waals surface area contributed by atoms with Gasteiger partial charge in [-0.15, -0.1) is 0 Å². The van der Waals surface area contributed by atoms with Crippen LogP contribution in [-0.2, 0) is 0 Å². The van der Waals surface area contributed by atoms with Crippen molar-refractivity contribution < 1.29 is 5.11 Å². The van der Waals surface area contributed by atoms with Gasteiger partial charge in [0.15, 0.2) is 0 Å². The molecule has 0 aliphatic carbocycles. The predicted octanol–water partition coefficient (Wildman–Crippen LogP) is 4.10. The average molecular weight is 281 g/mol. The van der Waals surface area contributed by atoms with E-state index in [4.69, 9.17) is 34.8 Å². The van der Waals surface area contributed by atoms with Crippen LogP contribution in [0.15, 0.2) is 23.7 Å². The molecule has 2 N–H and O–H groups in total. The quantitative estimate of drug-likeness (QED) is 0.870. The molecule has 0 bridgehead atoms. The molecule has 0 amide bonds. The molecule has 1 unspecified atom stereocenters. The lowest BCUT2D eigenvalue weighted by atomic mass is 10.1. The Hall–Kier alpha value is -0.410. The van der Waals surface area contributed by atoms with Crippen molar-refractivity contribution in [3.63, 3.8) is 0 Å². The van der Waals surface area contributed by atoms with E-state index in [1.807, 2.05) is 6.92 Å². The number of rotatable bonds is 4. The molecule has 5 heteroatoms. The smallest absolute Gasteiger partial charge is 0.140 e. The first-order chi connectivity index (χ1) is 7.43. The third-order valence-corrected chi connectivity index (χ3v) is 3.09. The summed E-state index contributed by atoms with van der Waals surface area (Å²) in [6.07, 6.45) is 0. The number of hydrogen-bond acceptors (Lipinski definition) is 2. The van der Waals surface area contributed by atoms with Gasteiger partial charge in [0.25, 0.3) is 0 Å². The maximum atomic E-state index is 9.80. The SMILES string of the molecule is C=C(Cl)CNC(C)c1ccc(Cl)c(Cl)c1O. The first-order valence-electron chi connectivity index (χ1n) is 4.67. The summed E-state index contributed by atoms with van der Waals surface area (Å²) in [5.74, 6) is -0.00523. The third kappa shape index (κ3) is 3.29. The Labute approximate surface area is 110 Å². The summed E-state index contributed by atoms with van der Waals surface area (Å²) in [6.45, 7) is 5.92. The number of nitrogens with one attached hydrogen (secondary N) is 1. The van der Waals surface area contributed by atoms with E-state index in [-0.39, 0.29) is 16.8 Å². The van der Waals surface area contributed by atoms with Crippen LogP contribution in [0.1, 0.15) is 18.5 Å². The minimum atomic E-state index is -0.0923. The highest BCUT2D eigenvalue weighted by atomic mass is 35.5. The van der Waals surface area contributed by atoms with Gasteiger partial charge >= 0.3 is 0 Å². The van der Waals surface area contributed by atoms with E-state index < -0.39 is 0 Å². The monoisotopic (exact) mass is 279 g/mol. The minimum Gasteiger partial charge on any atom is -0.506 e. The Morgan fingerprint density at radius 1 is 1.50 bits per heavy atom. The lowest BCUT2D eigenvalue weighted by molar-refractivity contribution is 0.456. The molecular weight excluding hydrogens is 268 g/mol. The normalized spacial score (nSPS) is 12.5. The molecule has 2 nitrogen and oxygen atoms in total. The van der Waals surface area contributed by atoms with Crippen molar-refractivity contribution in [2.24, 2.45) is 0 Å². The summed E-state index contributed by atoms with van der Waals surface area (Å²) in [6, 6.07) is 3.27. The first-order valence-corrected chi connectivity index (χ1v) is 5.80. The minimum absolute atomic E-state index is 0.00523. The molecule has 0 radical (unpaired) electrons. The number of hydrogen-bond donors (Lipinski definition) is 2. The van der Waals surface area contributed by atoms with Crippen molar-refractivity contribution in [2.75, 3.05) is 6.54 Å². The fraction of sp³-hybridized carbons (Fsp3) is 0.273. The van der Waals surface area contributed by atoms with Gasteiger partial charge in [-0.1, -0.05) is 47.4 Å². The lowest BCUT2D eigenvalue weighted by Crippen LogP contribution is -2.19. The Morgan fingerprint density at radius 2 is 2.12 bits per heavy atom. The van der Waals surface area contributed by atoms with Gasteiger partial charge in [-0.05, 0) is 13.0 Å². The largest absolute Gasteiger partial charge is 0.506 e.